The number of phenolic OH excluding ortho intramolecular Hbond substituents is 2. The molecule has 6 N–H and O–H groups in total. The van der Waals surface area contributed by atoms with Crippen molar-refractivity contribution in [1.29, 1.82) is 0 Å². The molecule has 0 spiro atoms. The number of carbonyl (C=O) groups is 4. The van der Waals surface area contributed by atoms with Crippen molar-refractivity contribution in [2.75, 3.05) is 13.2 Å². The molecule has 0 unspecified atom stereocenters. The van der Waals surface area contributed by atoms with Crippen LogP contribution in [0.15, 0.2) is 102 Å². The number of aliphatic hydroxyl groups is 1. The molecule has 14 nitrogen and oxygen atoms in total. The number of phenols is 2. The molecule has 0 aliphatic carbocycles. The number of aliphatic hydroxyl groups excluding tert-OH is 1. The number of nitrogens with zero attached hydrogens (tertiary/aromatic N) is 3. The van der Waals surface area contributed by atoms with Crippen LogP contribution in [-0.2, 0) is 14.4 Å². The Hall–Kier alpha value is -6.62. The predicted molar refractivity (Wildman–Crippen MR) is 258 cm³/mol. The summed E-state index contributed by atoms with van der Waals surface area (Å²) in [6, 6.07) is 24.3. The normalized spacial score (nSPS) is 16.0. The molecule has 4 amide bonds. The summed E-state index contributed by atoms with van der Waals surface area (Å²) >= 11 is 2.93. The fourth-order valence-corrected chi connectivity index (χ4v) is 9.87. The Bertz CT molecular complexity index is 2710. The molecular weight excluding hydrogens is 877 g/mol. The highest BCUT2D eigenvalue weighted by atomic mass is 32.1. The maximum Gasteiger partial charge on any atom is 0.273 e. The summed E-state index contributed by atoms with van der Waals surface area (Å²) in [5.41, 5.74) is 8.52. The van der Waals surface area contributed by atoms with E-state index in [0.717, 1.165) is 37.5 Å². The van der Waals surface area contributed by atoms with Gasteiger partial charge in [-0.1, -0.05) is 45.0 Å². The monoisotopic (exact) mass is 930 g/mol. The molecule has 4 aromatic carbocycles. The maximum absolute atomic E-state index is 14.1. The number of likely N-dealkylation sites (tertiary alicyclic amines) is 1. The van der Waals surface area contributed by atoms with E-state index in [0.29, 0.717) is 41.0 Å². The lowest BCUT2D eigenvalue weighted by molar-refractivity contribution is -0.144. The molecule has 16 heteroatoms. The first kappa shape index (κ1) is 47.3. The number of thiazole rings is 1. The Balaban J connectivity index is 0.865. The van der Waals surface area contributed by atoms with Crippen LogP contribution in [-0.4, -0.2) is 86.4 Å². The number of aromatic nitrogens is 1. The van der Waals surface area contributed by atoms with E-state index < -0.39 is 35.4 Å². The highest BCUT2D eigenvalue weighted by Crippen LogP contribution is 2.40. The number of unbranched alkanes of at least 4 members (excludes halogenated alkanes) is 1. The summed E-state index contributed by atoms with van der Waals surface area (Å²) in [7, 11) is 0. The Labute approximate surface area is 391 Å². The second-order valence-electron chi connectivity index (χ2n) is 17.5. The van der Waals surface area contributed by atoms with Crippen LogP contribution in [0, 0.1) is 12.3 Å². The van der Waals surface area contributed by atoms with Gasteiger partial charge in [-0.25, -0.2) is 10.4 Å². The lowest BCUT2D eigenvalue weighted by Crippen LogP contribution is -2.57. The number of fused-ring (bicyclic) bond motifs is 1. The van der Waals surface area contributed by atoms with Crippen LogP contribution in [0.2, 0.25) is 0 Å². The van der Waals surface area contributed by atoms with Gasteiger partial charge in [-0.05, 0) is 121 Å². The van der Waals surface area contributed by atoms with Gasteiger partial charge >= 0.3 is 0 Å². The topological polar surface area (TPSA) is 203 Å². The third-order valence-corrected chi connectivity index (χ3v) is 13.6. The molecule has 3 heterocycles. The number of ether oxygens (including phenoxy) is 1. The van der Waals surface area contributed by atoms with Crippen LogP contribution in [0.4, 0.5) is 0 Å². The molecule has 344 valence electrons. The first-order valence-corrected chi connectivity index (χ1v) is 23.4. The van der Waals surface area contributed by atoms with E-state index in [9.17, 15) is 34.5 Å². The number of thiophene rings is 1. The number of aromatic hydroxyl groups is 2. The minimum atomic E-state index is -0.925. The molecule has 1 aliphatic heterocycles. The van der Waals surface area contributed by atoms with E-state index in [1.54, 1.807) is 72.0 Å². The van der Waals surface area contributed by atoms with Crippen molar-refractivity contribution in [3.63, 3.8) is 0 Å². The van der Waals surface area contributed by atoms with E-state index in [4.69, 9.17) is 4.74 Å². The highest BCUT2D eigenvalue weighted by Gasteiger charge is 2.44. The van der Waals surface area contributed by atoms with Crippen LogP contribution in [0.3, 0.4) is 0 Å². The number of nitrogens with one attached hydrogen (secondary N) is 3. The molecule has 0 saturated carbocycles. The molecule has 1 saturated heterocycles. The molecule has 66 heavy (non-hydrogen) atoms. The van der Waals surface area contributed by atoms with Crippen molar-refractivity contribution in [3.8, 4) is 38.1 Å². The second-order valence-corrected chi connectivity index (χ2v) is 19.4. The van der Waals surface area contributed by atoms with Gasteiger partial charge in [0, 0.05) is 34.3 Å². The average molecular weight is 931 g/mol. The van der Waals surface area contributed by atoms with E-state index in [-0.39, 0.29) is 48.7 Å². The zero-order chi connectivity index (χ0) is 47.1. The Morgan fingerprint density at radius 2 is 1.59 bits per heavy atom. The van der Waals surface area contributed by atoms with Crippen molar-refractivity contribution in [2.45, 2.75) is 84.5 Å². The zero-order valence-electron chi connectivity index (χ0n) is 37.4. The predicted octanol–water partition coefficient (Wildman–Crippen LogP) is 8.09. The lowest BCUT2D eigenvalue weighted by Gasteiger charge is -2.35. The van der Waals surface area contributed by atoms with Gasteiger partial charge in [-0.3, -0.25) is 19.2 Å². The number of rotatable bonds is 16. The van der Waals surface area contributed by atoms with Gasteiger partial charge in [-0.15, -0.1) is 22.7 Å². The molecule has 0 bridgehead atoms. The number of hydrazone groups is 1. The fourth-order valence-electron chi connectivity index (χ4n) is 7.82. The highest BCUT2D eigenvalue weighted by molar-refractivity contribution is 7.22. The number of hydrogen-bond acceptors (Lipinski definition) is 12. The van der Waals surface area contributed by atoms with Crippen molar-refractivity contribution in [3.05, 3.63) is 119 Å². The quantitative estimate of drug-likeness (QED) is 0.0315. The summed E-state index contributed by atoms with van der Waals surface area (Å²) < 4.78 is 6.64. The van der Waals surface area contributed by atoms with Crippen LogP contribution in [0.1, 0.15) is 86.6 Å². The van der Waals surface area contributed by atoms with Gasteiger partial charge in [0.15, 0.2) is 0 Å². The van der Waals surface area contributed by atoms with Crippen molar-refractivity contribution in [2.24, 2.45) is 10.5 Å². The first-order chi connectivity index (χ1) is 31.5. The van der Waals surface area contributed by atoms with Gasteiger partial charge in [0.05, 0.1) is 46.6 Å². The number of amides is 4. The van der Waals surface area contributed by atoms with Gasteiger partial charge in [0.2, 0.25) is 17.7 Å². The van der Waals surface area contributed by atoms with E-state index >= 15 is 0 Å². The Morgan fingerprint density at radius 1 is 0.909 bits per heavy atom. The minimum absolute atomic E-state index is 0.0113. The molecule has 4 atom stereocenters. The summed E-state index contributed by atoms with van der Waals surface area (Å²) in [5, 5.41) is 41.2. The summed E-state index contributed by atoms with van der Waals surface area (Å²) in [6.45, 7) is 9.75. The van der Waals surface area contributed by atoms with E-state index in [1.807, 2.05) is 64.4 Å². The standard InChI is InChI=1S/C50H54N6O8S2/c1-29(32-11-13-33(14-12-32)44-30(2)51-28-65-44)53-47(61)40-24-37(59)27-56(40)49(63)46(50(3,4)5)54-42(60)8-6-7-23-64-38-20-9-31(10-21-38)26-52-55-48(62)43-39-22-19-36(58)25-41(39)66-45(43)34-15-17-35(57)18-16-34/h9-22,25-26,28-29,37,40,46,57-59H,6-8,23-24,27H2,1-5H3,(H,53,61)(H,54,60)(H,55,62)/b52-26+/t29-,37+,40-,46+/m0/s1. The van der Waals surface area contributed by atoms with Crippen LogP contribution < -0.4 is 20.8 Å². The van der Waals surface area contributed by atoms with Crippen molar-refractivity contribution < 1.29 is 39.2 Å². The van der Waals surface area contributed by atoms with Crippen LogP contribution >= 0.6 is 22.7 Å². The molecule has 7 rings (SSSR count). The number of β-amino-alcohol motifs (C(OH)–C–C–N with tert-alkyl or cyclic N) is 1. The SMILES string of the molecule is Cc1ncsc1-c1ccc([C@H](C)NC(=O)[C@@H]2C[C@@H](O)CN2C(=O)[C@@H](NC(=O)CCCCOc2ccc(/C=N/NC(=O)c3c(-c4ccc(O)cc4)sc4cc(O)ccc34)cc2)C(C)(C)C)cc1. The van der Waals surface area contributed by atoms with Gasteiger partial charge < -0.3 is 35.6 Å². The minimum Gasteiger partial charge on any atom is -0.508 e. The maximum atomic E-state index is 14.1. The lowest BCUT2D eigenvalue weighted by atomic mass is 9.85. The average Bonchev–Trinajstić information content (AvgIpc) is 4.01. The third kappa shape index (κ3) is 11.4. The smallest absolute Gasteiger partial charge is 0.273 e. The summed E-state index contributed by atoms with van der Waals surface area (Å²) in [4.78, 5) is 61.9. The number of benzene rings is 4. The summed E-state index contributed by atoms with van der Waals surface area (Å²) in [6.07, 6.45) is 1.98. The Morgan fingerprint density at radius 3 is 2.27 bits per heavy atom. The van der Waals surface area contributed by atoms with Gasteiger partial charge in [-0.2, -0.15) is 5.10 Å². The van der Waals surface area contributed by atoms with Crippen LogP contribution in [0.5, 0.6) is 17.2 Å². The number of hydrogen-bond donors (Lipinski definition) is 6. The van der Waals surface area contributed by atoms with Crippen LogP contribution in [0.25, 0.3) is 31.0 Å². The second kappa shape index (κ2) is 20.7. The Kier molecular flexibility index (Phi) is 14.8. The zero-order valence-corrected chi connectivity index (χ0v) is 39.0. The molecule has 1 fully saturated rings. The third-order valence-electron chi connectivity index (χ3n) is 11.4. The van der Waals surface area contributed by atoms with Crippen molar-refractivity contribution in [1.82, 2.24) is 25.9 Å². The first-order valence-electron chi connectivity index (χ1n) is 21.8. The largest absolute Gasteiger partial charge is 0.508 e. The number of carbonyl (C=O) groups excluding carboxylic acids is 4. The molecular formula is C50H54N6O8S2. The van der Waals surface area contributed by atoms with Crippen molar-refractivity contribution >= 4 is 62.6 Å². The molecule has 1 aliphatic rings. The molecule has 0 radical (unpaired) electrons. The molecule has 2 aromatic heterocycles. The summed E-state index contributed by atoms with van der Waals surface area (Å²) in [5.74, 6) is -0.687. The van der Waals surface area contributed by atoms with Gasteiger partial charge in [0.1, 0.15) is 29.3 Å². The number of aryl methyl sites for hydroxylation is 1. The van der Waals surface area contributed by atoms with Gasteiger partial charge in [0.25, 0.3) is 5.91 Å². The fraction of sp³-hybridized carbons (Fsp3) is 0.320. The van der Waals surface area contributed by atoms with E-state index in [1.165, 1.54) is 28.5 Å². The van der Waals surface area contributed by atoms with E-state index in [2.05, 4.69) is 26.1 Å². The molecule has 6 aromatic rings.